The van der Waals surface area contributed by atoms with Gasteiger partial charge in [-0.1, -0.05) is 0 Å². The zero-order valence-electron chi connectivity index (χ0n) is 9.15. The minimum Gasteiger partial charge on any atom is -0.497 e. The van der Waals surface area contributed by atoms with Crippen molar-refractivity contribution >= 4 is 11.5 Å². The molecule has 16 heavy (non-hydrogen) atoms. The minimum absolute atomic E-state index is 0.0230. The number of carbonyl (C=O) groups excluding carboxylic acids is 1. The zero-order valence-corrected chi connectivity index (χ0v) is 9.15. The minimum atomic E-state index is -0.337. The predicted molar refractivity (Wildman–Crippen MR) is 60.4 cm³/mol. The summed E-state index contributed by atoms with van der Waals surface area (Å²) in [4.78, 5) is 11.1. The summed E-state index contributed by atoms with van der Waals surface area (Å²) in [7, 11) is 1.56. The number of allylic oxidation sites excluding steroid dienone is 1. The molecule has 0 radical (unpaired) electrons. The van der Waals surface area contributed by atoms with Crippen LogP contribution in [0.5, 0.6) is 5.75 Å². The smallest absolute Gasteiger partial charge is 0.172 e. The van der Waals surface area contributed by atoms with Crippen LogP contribution in [0.4, 0.5) is 0 Å². The lowest BCUT2D eigenvalue weighted by atomic mass is 10.1. The summed E-state index contributed by atoms with van der Waals surface area (Å²) in [6.45, 7) is 1.31. The SMILES string of the molecule is COc1ccc(/C(N)=C(\C#N)C(C)=O)cc1. The van der Waals surface area contributed by atoms with Gasteiger partial charge in [-0.25, -0.2) is 0 Å². The molecule has 4 nitrogen and oxygen atoms in total. The Balaban J connectivity index is 3.18. The number of rotatable bonds is 3. The predicted octanol–water partition coefficient (Wildman–Crippen LogP) is 1.48. The van der Waals surface area contributed by atoms with Gasteiger partial charge in [0.25, 0.3) is 0 Å². The molecule has 0 aliphatic heterocycles. The topological polar surface area (TPSA) is 76.1 Å². The molecular weight excluding hydrogens is 204 g/mol. The van der Waals surface area contributed by atoms with Crippen LogP contribution in [0.1, 0.15) is 12.5 Å². The molecule has 4 heteroatoms. The number of benzene rings is 1. The molecule has 1 rings (SSSR count). The number of nitriles is 1. The number of nitrogens with two attached hydrogens (primary N) is 1. The molecule has 0 bridgehead atoms. The lowest BCUT2D eigenvalue weighted by molar-refractivity contribution is -0.113. The molecule has 0 unspecified atom stereocenters. The summed E-state index contributed by atoms with van der Waals surface area (Å²) < 4.78 is 4.99. The van der Waals surface area contributed by atoms with Crippen molar-refractivity contribution in [3.63, 3.8) is 0 Å². The van der Waals surface area contributed by atoms with Crippen molar-refractivity contribution in [3.05, 3.63) is 35.4 Å². The van der Waals surface area contributed by atoms with Gasteiger partial charge in [0, 0.05) is 0 Å². The second kappa shape index (κ2) is 4.99. The van der Waals surface area contributed by atoms with Crippen LogP contribution in [-0.4, -0.2) is 12.9 Å². The van der Waals surface area contributed by atoms with E-state index in [1.165, 1.54) is 6.92 Å². The highest BCUT2D eigenvalue weighted by molar-refractivity contribution is 6.04. The fourth-order valence-corrected chi connectivity index (χ4v) is 1.24. The first-order chi connectivity index (χ1) is 7.60. The van der Waals surface area contributed by atoms with Crippen LogP contribution in [0.3, 0.4) is 0 Å². The molecule has 0 saturated heterocycles. The van der Waals surface area contributed by atoms with Gasteiger partial charge in [-0.05, 0) is 36.8 Å². The number of carbonyl (C=O) groups is 1. The third kappa shape index (κ3) is 2.39. The van der Waals surface area contributed by atoms with E-state index < -0.39 is 0 Å². The third-order valence-electron chi connectivity index (χ3n) is 2.13. The van der Waals surface area contributed by atoms with E-state index in [2.05, 4.69) is 0 Å². The fourth-order valence-electron chi connectivity index (χ4n) is 1.24. The summed E-state index contributed by atoms with van der Waals surface area (Å²) in [6.07, 6.45) is 0. The van der Waals surface area contributed by atoms with Crippen LogP contribution >= 0.6 is 0 Å². The first kappa shape index (κ1) is 11.8. The Kier molecular flexibility index (Phi) is 3.67. The average molecular weight is 216 g/mol. The highest BCUT2D eigenvalue weighted by Crippen LogP contribution is 2.18. The van der Waals surface area contributed by atoms with Crippen molar-refractivity contribution in [2.24, 2.45) is 5.73 Å². The van der Waals surface area contributed by atoms with Crippen molar-refractivity contribution < 1.29 is 9.53 Å². The van der Waals surface area contributed by atoms with Crippen LogP contribution < -0.4 is 10.5 Å². The lowest BCUT2D eigenvalue weighted by Gasteiger charge is -2.05. The van der Waals surface area contributed by atoms with Crippen LogP contribution in [0.15, 0.2) is 29.8 Å². The van der Waals surface area contributed by atoms with Crippen LogP contribution in [0, 0.1) is 11.3 Å². The summed E-state index contributed by atoms with van der Waals surface area (Å²) in [5.41, 5.74) is 6.54. The molecule has 0 aliphatic rings. The molecule has 0 aliphatic carbocycles. The van der Waals surface area contributed by atoms with E-state index in [0.29, 0.717) is 11.3 Å². The Hall–Kier alpha value is -2.28. The van der Waals surface area contributed by atoms with Gasteiger partial charge in [-0.2, -0.15) is 5.26 Å². The summed E-state index contributed by atoms with van der Waals surface area (Å²) in [6, 6.07) is 8.65. The molecule has 0 spiro atoms. The number of ether oxygens (including phenoxy) is 1. The van der Waals surface area contributed by atoms with E-state index in [0.717, 1.165) is 0 Å². The van der Waals surface area contributed by atoms with Crippen molar-refractivity contribution in [2.75, 3.05) is 7.11 Å². The molecule has 1 aromatic rings. The maximum absolute atomic E-state index is 11.1. The number of methoxy groups -OCH3 is 1. The number of nitrogens with zero attached hydrogens (tertiary/aromatic N) is 1. The summed E-state index contributed by atoms with van der Waals surface area (Å²) in [5.74, 6) is 0.355. The largest absolute Gasteiger partial charge is 0.497 e. The maximum atomic E-state index is 11.1. The van der Waals surface area contributed by atoms with E-state index in [1.807, 2.05) is 0 Å². The summed E-state index contributed by atoms with van der Waals surface area (Å²) in [5, 5.41) is 8.80. The Labute approximate surface area is 93.9 Å². The zero-order chi connectivity index (χ0) is 12.1. The second-order valence-electron chi connectivity index (χ2n) is 3.19. The Morgan fingerprint density at radius 3 is 2.31 bits per heavy atom. The van der Waals surface area contributed by atoms with Crippen LogP contribution in [-0.2, 0) is 4.79 Å². The lowest BCUT2D eigenvalue weighted by Crippen LogP contribution is -2.06. The van der Waals surface area contributed by atoms with Crippen molar-refractivity contribution in [2.45, 2.75) is 6.92 Å². The average Bonchev–Trinajstić information content (AvgIpc) is 2.29. The third-order valence-corrected chi connectivity index (χ3v) is 2.13. The molecule has 0 amide bonds. The molecule has 0 aromatic heterocycles. The van der Waals surface area contributed by atoms with Crippen LogP contribution in [0.25, 0.3) is 5.70 Å². The quantitative estimate of drug-likeness (QED) is 0.613. The van der Waals surface area contributed by atoms with E-state index >= 15 is 0 Å². The number of ketones is 1. The van der Waals surface area contributed by atoms with Crippen LogP contribution in [0.2, 0.25) is 0 Å². The Morgan fingerprint density at radius 2 is 1.94 bits per heavy atom. The number of hydrogen-bond acceptors (Lipinski definition) is 4. The van der Waals surface area contributed by atoms with Gasteiger partial charge >= 0.3 is 0 Å². The van der Waals surface area contributed by atoms with Gasteiger partial charge < -0.3 is 10.5 Å². The fraction of sp³-hybridized carbons (Fsp3) is 0.167. The van der Waals surface area contributed by atoms with E-state index in [1.54, 1.807) is 37.4 Å². The van der Waals surface area contributed by atoms with Gasteiger partial charge in [0.05, 0.1) is 12.8 Å². The van der Waals surface area contributed by atoms with Gasteiger partial charge in [-0.3, -0.25) is 4.79 Å². The van der Waals surface area contributed by atoms with Gasteiger partial charge in [0.15, 0.2) is 5.78 Å². The molecule has 0 heterocycles. The molecule has 1 aromatic carbocycles. The van der Waals surface area contributed by atoms with Crippen molar-refractivity contribution in [1.29, 1.82) is 5.26 Å². The normalized spacial score (nSPS) is 11.3. The van der Waals surface area contributed by atoms with Gasteiger partial charge in [0.1, 0.15) is 17.4 Å². The Bertz CT molecular complexity index is 467. The highest BCUT2D eigenvalue weighted by Gasteiger charge is 2.09. The van der Waals surface area contributed by atoms with E-state index in [4.69, 9.17) is 15.7 Å². The number of hydrogen-bond donors (Lipinski definition) is 1. The van der Waals surface area contributed by atoms with Gasteiger partial charge in [0.2, 0.25) is 0 Å². The van der Waals surface area contributed by atoms with E-state index in [-0.39, 0.29) is 17.1 Å². The first-order valence-electron chi connectivity index (χ1n) is 4.65. The monoisotopic (exact) mass is 216 g/mol. The molecule has 0 atom stereocenters. The molecule has 0 saturated carbocycles. The van der Waals surface area contributed by atoms with Gasteiger partial charge in [-0.15, -0.1) is 0 Å². The summed E-state index contributed by atoms with van der Waals surface area (Å²) >= 11 is 0. The van der Waals surface area contributed by atoms with Crippen molar-refractivity contribution in [3.8, 4) is 11.8 Å². The van der Waals surface area contributed by atoms with Crippen molar-refractivity contribution in [1.82, 2.24) is 0 Å². The standard InChI is InChI=1S/C12H12N2O2/c1-8(15)11(7-13)12(14)9-3-5-10(16-2)6-4-9/h3-6H,14H2,1-2H3/b12-11-. The first-order valence-corrected chi connectivity index (χ1v) is 4.65. The highest BCUT2D eigenvalue weighted by atomic mass is 16.5. The maximum Gasteiger partial charge on any atom is 0.172 e. The second-order valence-corrected chi connectivity index (χ2v) is 3.19. The molecular formula is C12H12N2O2. The number of Topliss-reactive ketones (excluding diaryl/α,β-unsaturated/α-hetero) is 1. The Morgan fingerprint density at radius 1 is 1.38 bits per heavy atom. The molecule has 2 N–H and O–H groups in total. The molecule has 0 fully saturated rings. The molecule has 82 valence electrons. The van der Waals surface area contributed by atoms with E-state index in [9.17, 15) is 4.79 Å².